The number of aliphatic hydroxyl groups excluding tert-OH is 3. The number of hydrogen-bond donors (Lipinski definition) is 4. The highest BCUT2D eigenvalue weighted by Gasteiger charge is 2.29. The fraction of sp³-hybridized carbons (Fsp3) is 0.714. The van der Waals surface area contributed by atoms with Crippen LogP contribution in [0.2, 0.25) is 0 Å². The predicted octanol–water partition coefficient (Wildman–Crippen LogP) is 0.168. The second-order valence-corrected chi connectivity index (χ2v) is 2.97. The van der Waals surface area contributed by atoms with Crippen LogP contribution in [-0.2, 0) is 0 Å². The quantitative estimate of drug-likeness (QED) is 0.306. The summed E-state index contributed by atoms with van der Waals surface area (Å²) in [5.74, 6) is 0. The van der Waals surface area contributed by atoms with Gasteiger partial charge in [-0.3, -0.25) is 0 Å². The molecule has 3 atom stereocenters. The molecule has 0 radical (unpaired) electrons. The van der Waals surface area contributed by atoms with Crippen molar-refractivity contribution >= 4 is 12.6 Å². The lowest BCUT2D eigenvalue weighted by Crippen LogP contribution is -2.37. The van der Waals surface area contributed by atoms with Crippen LogP contribution >= 0.6 is 12.6 Å². The van der Waals surface area contributed by atoms with Crippen molar-refractivity contribution in [2.24, 2.45) is 0 Å². The second-order valence-electron chi connectivity index (χ2n) is 2.44. The first-order valence-corrected chi connectivity index (χ1v) is 4.10. The van der Waals surface area contributed by atoms with Crippen LogP contribution < -0.4 is 0 Å². The lowest BCUT2D eigenvalue weighted by atomic mass is 10.1. The maximum absolute atomic E-state index is 12.1. The van der Waals surface area contributed by atoms with Crippen LogP contribution in [0.25, 0.3) is 0 Å². The normalized spacial score (nSPS) is 20.2. The van der Waals surface area contributed by atoms with E-state index < -0.39 is 29.6 Å². The Morgan fingerprint density at radius 2 is 1.77 bits per heavy atom. The Balaban J connectivity index is 4.47. The van der Waals surface area contributed by atoms with Crippen molar-refractivity contribution in [3.63, 3.8) is 0 Å². The Labute approximate surface area is 80.1 Å². The van der Waals surface area contributed by atoms with E-state index in [0.29, 0.717) is 0 Å². The summed E-state index contributed by atoms with van der Waals surface area (Å²) in [7, 11) is 0. The predicted molar refractivity (Wildman–Crippen MR) is 46.8 cm³/mol. The Morgan fingerprint density at radius 3 is 2.00 bits per heavy atom. The number of alkyl halides is 2. The molecule has 0 aliphatic rings. The molecule has 0 bridgehead atoms. The zero-order valence-electron chi connectivity index (χ0n) is 6.93. The van der Waals surface area contributed by atoms with E-state index in [9.17, 15) is 8.78 Å². The molecule has 3 nitrogen and oxygen atoms in total. The van der Waals surface area contributed by atoms with Crippen LogP contribution in [0.1, 0.15) is 6.92 Å². The van der Waals surface area contributed by atoms with Crippen LogP contribution in [0.4, 0.5) is 8.78 Å². The van der Waals surface area contributed by atoms with Gasteiger partial charge in [-0.05, 0) is 6.92 Å². The van der Waals surface area contributed by atoms with E-state index in [-0.39, 0.29) is 0 Å². The van der Waals surface area contributed by atoms with Crippen LogP contribution in [0.15, 0.2) is 11.6 Å². The zero-order chi connectivity index (χ0) is 10.6. The maximum atomic E-state index is 12.1. The van der Waals surface area contributed by atoms with E-state index in [4.69, 9.17) is 15.3 Å². The number of rotatable bonds is 4. The average Bonchev–Trinajstić information content (AvgIpc) is 2.03. The maximum Gasteiger partial charge on any atom is 0.262 e. The minimum absolute atomic E-state index is 0.624. The van der Waals surface area contributed by atoms with Gasteiger partial charge in [-0.1, -0.05) is 6.08 Å². The number of aliphatic hydroxyl groups is 3. The van der Waals surface area contributed by atoms with Crippen LogP contribution in [0.3, 0.4) is 0 Å². The molecule has 78 valence electrons. The summed E-state index contributed by atoms with van der Waals surface area (Å²) >= 11 is 3.41. The standard InChI is InChI=1S/C7H12F2O3S/c1-2-3(6(8)9)4(10)5(11)7(12)13/h2,4-7,10-13H,1H3/b3-2+/t4-,5+,7+/m1/s1. The van der Waals surface area contributed by atoms with Gasteiger partial charge in [0.2, 0.25) is 0 Å². The Hall–Kier alpha value is -0.170. The number of allylic oxidation sites excluding steroid dienone is 1. The van der Waals surface area contributed by atoms with Crippen molar-refractivity contribution in [2.45, 2.75) is 31.0 Å². The molecule has 0 saturated heterocycles. The molecule has 0 aromatic rings. The van der Waals surface area contributed by atoms with Crippen LogP contribution in [0, 0.1) is 0 Å². The summed E-state index contributed by atoms with van der Waals surface area (Å²) in [6.07, 6.45) is -5.38. The molecule has 0 fully saturated rings. The van der Waals surface area contributed by atoms with Crippen molar-refractivity contribution in [3.05, 3.63) is 11.6 Å². The van der Waals surface area contributed by atoms with Crippen molar-refractivity contribution < 1.29 is 24.1 Å². The first-order chi connectivity index (χ1) is 5.91. The monoisotopic (exact) mass is 214 g/mol. The third-order valence-electron chi connectivity index (χ3n) is 1.56. The van der Waals surface area contributed by atoms with Crippen molar-refractivity contribution in [1.29, 1.82) is 0 Å². The second kappa shape index (κ2) is 5.54. The summed E-state index contributed by atoms with van der Waals surface area (Å²) in [4.78, 5) is 0. The van der Waals surface area contributed by atoms with E-state index >= 15 is 0 Å². The smallest absolute Gasteiger partial charge is 0.262 e. The van der Waals surface area contributed by atoms with Gasteiger partial charge in [-0.25, -0.2) is 8.78 Å². The summed E-state index contributed by atoms with van der Waals surface area (Å²) < 4.78 is 24.3. The molecule has 0 aliphatic heterocycles. The molecule has 3 N–H and O–H groups in total. The highest BCUT2D eigenvalue weighted by Crippen LogP contribution is 2.18. The van der Waals surface area contributed by atoms with Gasteiger partial charge >= 0.3 is 0 Å². The molecule has 0 heterocycles. The fourth-order valence-electron chi connectivity index (χ4n) is 0.786. The molecule has 0 unspecified atom stereocenters. The molecule has 0 rings (SSSR count). The molecule has 6 heteroatoms. The van der Waals surface area contributed by atoms with E-state index in [1.807, 2.05) is 0 Å². The molecular formula is C7H12F2O3S. The molecule has 0 aromatic carbocycles. The highest BCUT2D eigenvalue weighted by molar-refractivity contribution is 7.80. The summed E-state index contributed by atoms with van der Waals surface area (Å²) in [5.41, 5.74) is -2.18. The van der Waals surface area contributed by atoms with Gasteiger partial charge < -0.3 is 15.3 Å². The molecule has 0 aromatic heterocycles. The number of hydrogen-bond acceptors (Lipinski definition) is 4. The molecule has 0 saturated carbocycles. The SMILES string of the molecule is C/C=C(/C(F)F)[C@@H](O)[C@H](O)[C@@H](O)S. The van der Waals surface area contributed by atoms with Gasteiger partial charge in [0.15, 0.2) is 0 Å². The summed E-state index contributed by atoms with van der Waals surface area (Å²) in [6, 6.07) is 0. The third kappa shape index (κ3) is 3.60. The highest BCUT2D eigenvalue weighted by atomic mass is 32.1. The number of thiol groups is 1. The van der Waals surface area contributed by atoms with Gasteiger partial charge in [-0.15, -0.1) is 12.6 Å². The van der Waals surface area contributed by atoms with Gasteiger partial charge in [0.25, 0.3) is 6.43 Å². The van der Waals surface area contributed by atoms with Gasteiger partial charge in [0.05, 0.1) is 0 Å². The largest absolute Gasteiger partial charge is 0.386 e. The van der Waals surface area contributed by atoms with Gasteiger partial charge in [0, 0.05) is 5.57 Å². The van der Waals surface area contributed by atoms with E-state index in [1.54, 1.807) is 0 Å². The van der Waals surface area contributed by atoms with Gasteiger partial charge in [0.1, 0.15) is 17.6 Å². The first kappa shape index (κ1) is 12.8. The molecule has 0 spiro atoms. The molecule has 0 aliphatic carbocycles. The first-order valence-electron chi connectivity index (χ1n) is 3.58. The average molecular weight is 214 g/mol. The zero-order valence-corrected chi connectivity index (χ0v) is 7.83. The van der Waals surface area contributed by atoms with E-state index in [1.165, 1.54) is 6.92 Å². The van der Waals surface area contributed by atoms with Crippen molar-refractivity contribution in [3.8, 4) is 0 Å². The summed E-state index contributed by atoms with van der Waals surface area (Å²) in [6.45, 7) is 1.31. The topological polar surface area (TPSA) is 60.7 Å². The van der Waals surface area contributed by atoms with E-state index in [0.717, 1.165) is 6.08 Å². The Morgan fingerprint density at radius 1 is 1.31 bits per heavy atom. The molecule has 0 amide bonds. The minimum atomic E-state index is -2.86. The Kier molecular flexibility index (Phi) is 5.46. The van der Waals surface area contributed by atoms with Crippen molar-refractivity contribution in [1.82, 2.24) is 0 Å². The van der Waals surface area contributed by atoms with Crippen molar-refractivity contribution in [2.75, 3.05) is 0 Å². The number of halogens is 2. The van der Waals surface area contributed by atoms with Crippen LogP contribution in [0.5, 0.6) is 0 Å². The van der Waals surface area contributed by atoms with E-state index in [2.05, 4.69) is 12.6 Å². The molecular weight excluding hydrogens is 202 g/mol. The van der Waals surface area contributed by atoms with Crippen LogP contribution in [-0.4, -0.2) is 39.4 Å². The summed E-state index contributed by atoms with van der Waals surface area (Å²) in [5, 5.41) is 26.8. The lowest BCUT2D eigenvalue weighted by molar-refractivity contribution is -0.0205. The van der Waals surface area contributed by atoms with Gasteiger partial charge in [-0.2, -0.15) is 0 Å². The third-order valence-corrected chi connectivity index (χ3v) is 1.86. The minimum Gasteiger partial charge on any atom is -0.386 e. The Bertz CT molecular complexity index is 185. The molecule has 13 heavy (non-hydrogen) atoms. The lowest BCUT2D eigenvalue weighted by Gasteiger charge is -2.21. The fourth-order valence-corrected chi connectivity index (χ4v) is 0.949.